The first-order valence-corrected chi connectivity index (χ1v) is 8.20. The van der Waals surface area contributed by atoms with Gasteiger partial charge in [0.05, 0.1) is 11.1 Å². The van der Waals surface area contributed by atoms with Crippen molar-refractivity contribution in [1.29, 1.82) is 0 Å². The van der Waals surface area contributed by atoms with Crippen LogP contribution in [0.5, 0.6) is 0 Å². The van der Waals surface area contributed by atoms with Gasteiger partial charge >= 0.3 is 11.9 Å². The summed E-state index contributed by atoms with van der Waals surface area (Å²) in [6.07, 6.45) is 0. The number of carboxylic acids is 2. The second-order valence-corrected chi connectivity index (χ2v) is 8.09. The van der Waals surface area contributed by atoms with Crippen LogP contribution in [0.2, 0.25) is 0 Å². The fourth-order valence-corrected chi connectivity index (χ4v) is 3.22. The molecule has 0 heterocycles. The van der Waals surface area contributed by atoms with Crippen LogP contribution in [0, 0.1) is 0 Å². The SMILES string of the molecule is CCNCc1c(C(C)(C)C)c(C(=O)O)cc(C(=O)O)c1C(C)(C)C. The Morgan fingerprint density at radius 3 is 1.54 bits per heavy atom. The number of aromatic carboxylic acids is 2. The fraction of sp³-hybridized carbons (Fsp3) is 0.579. The summed E-state index contributed by atoms with van der Waals surface area (Å²) < 4.78 is 0. The van der Waals surface area contributed by atoms with Crippen LogP contribution in [0.15, 0.2) is 6.07 Å². The van der Waals surface area contributed by atoms with Crippen molar-refractivity contribution < 1.29 is 19.8 Å². The van der Waals surface area contributed by atoms with E-state index in [2.05, 4.69) is 5.32 Å². The van der Waals surface area contributed by atoms with E-state index in [0.717, 1.165) is 5.56 Å². The molecule has 1 rings (SSSR count). The number of nitrogens with one attached hydrogen (secondary N) is 1. The average molecular weight is 335 g/mol. The van der Waals surface area contributed by atoms with Gasteiger partial charge in [0, 0.05) is 6.54 Å². The van der Waals surface area contributed by atoms with E-state index in [1.807, 2.05) is 48.5 Å². The van der Waals surface area contributed by atoms with E-state index in [1.165, 1.54) is 6.07 Å². The normalized spacial score (nSPS) is 12.3. The molecule has 0 aromatic heterocycles. The van der Waals surface area contributed by atoms with E-state index in [1.54, 1.807) is 0 Å². The predicted octanol–water partition coefficient (Wildman–Crippen LogP) is 3.79. The van der Waals surface area contributed by atoms with Crippen LogP contribution in [0.1, 0.15) is 85.9 Å². The topological polar surface area (TPSA) is 86.6 Å². The van der Waals surface area contributed by atoms with Crippen LogP contribution in [0.25, 0.3) is 0 Å². The Bertz CT molecular complexity index is 599. The Morgan fingerprint density at radius 2 is 1.29 bits per heavy atom. The Morgan fingerprint density at radius 1 is 0.917 bits per heavy atom. The van der Waals surface area contributed by atoms with Gasteiger partial charge in [0.1, 0.15) is 0 Å². The van der Waals surface area contributed by atoms with Gasteiger partial charge in [-0.3, -0.25) is 0 Å². The molecule has 0 atom stereocenters. The molecule has 1 aromatic carbocycles. The van der Waals surface area contributed by atoms with Crippen LogP contribution in [0.3, 0.4) is 0 Å². The largest absolute Gasteiger partial charge is 0.478 e. The van der Waals surface area contributed by atoms with Crippen LogP contribution >= 0.6 is 0 Å². The maximum atomic E-state index is 11.8. The van der Waals surface area contributed by atoms with Crippen LogP contribution in [-0.4, -0.2) is 28.7 Å². The molecule has 3 N–H and O–H groups in total. The van der Waals surface area contributed by atoms with Crippen molar-refractivity contribution in [2.24, 2.45) is 0 Å². The van der Waals surface area contributed by atoms with E-state index < -0.39 is 22.8 Å². The Hall–Kier alpha value is -1.88. The molecule has 0 aliphatic rings. The van der Waals surface area contributed by atoms with Gasteiger partial charge < -0.3 is 15.5 Å². The minimum absolute atomic E-state index is 0.0702. The summed E-state index contributed by atoms with van der Waals surface area (Å²) in [5.41, 5.74) is 1.48. The van der Waals surface area contributed by atoms with Gasteiger partial charge in [-0.15, -0.1) is 0 Å². The molecule has 0 radical (unpaired) electrons. The van der Waals surface area contributed by atoms with Gasteiger partial charge in [-0.25, -0.2) is 9.59 Å². The Balaban J connectivity index is 4.04. The summed E-state index contributed by atoms with van der Waals surface area (Å²) in [4.78, 5) is 23.6. The summed E-state index contributed by atoms with van der Waals surface area (Å²) in [5, 5.41) is 22.6. The molecule has 0 unspecified atom stereocenters. The second-order valence-electron chi connectivity index (χ2n) is 8.09. The van der Waals surface area contributed by atoms with Crippen LogP contribution in [0.4, 0.5) is 0 Å². The van der Waals surface area contributed by atoms with Crippen molar-refractivity contribution in [1.82, 2.24) is 5.32 Å². The number of benzene rings is 1. The summed E-state index contributed by atoms with van der Waals surface area (Å²) in [7, 11) is 0. The molecule has 134 valence electrons. The van der Waals surface area contributed by atoms with E-state index in [9.17, 15) is 19.8 Å². The number of carboxylic acid groups (broad SMARTS) is 2. The van der Waals surface area contributed by atoms with Gasteiger partial charge in [-0.1, -0.05) is 48.5 Å². The van der Waals surface area contributed by atoms with Gasteiger partial charge in [-0.2, -0.15) is 0 Å². The highest BCUT2D eigenvalue weighted by molar-refractivity contribution is 5.97. The minimum Gasteiger partial charge on any atom is -0.478 e. The molecule has 0 amide bonds. The zero-order valence-electron chi connectivity index (χ0n) is 15.7. The third-order valence-corrected chi connectivity index (χ3v) is 3.94. The van der Waals surface area contributed by atoms with Crippen molar-refractivity contribution in [3.63, 3.8) is 0 Å². The van der Waals surface area contributed by atoms with Gasteiger partial charge in [0.25, 0.3) is 0 Å². The summed E-state index contributed by atoms with van der Waals surface area (Å²) in [5.74, 6) is -2.19. The Kier molecular flexibility index (Phi) is 5.82. The lowest BCUT2D eigenvalue weighted by atomic mass is 9.72. The average Bonchev–Trinajstić information content (AvgIpc) is 2.40. The third kappa shape index (κ3) is 4.15. The van der Waals surface area contributed by atoms with Crippen molar-refractivity contribution in [3.05, 3.63) is 33.9 Å². The summed E-state index contributed by atoms with van der Waals surface area (Å²) in [6.45, 7) is 14.9. The highest BCUT2D eigenvalue weighted by Crippen LogP contribution is 2.39. The second kappa shape index (κ2) is 6.93. The maximum Gasteiger partial charge on any atom is 0.336 e. The first kappa shape index (κ1) is 20.2. The monoisotopic (exact) mass is 335 g/mol. The quantitative estimate of drug-likeness (QED) is 0.762. The zero-order chi connectivity index (χ0) is 18.9. The zero-order valence-corrected chi connectivity index (χ0v) is 15.7. The van der Waals surface area contributed by atoms with Crippen molar-refractivity contribution in [2.75, 3.05) is 6.54 Å². The van der Waals surface area contributed by atoms with Crippen LogP contribution < -0.4 is 5.32 Å². The molecular weight excluding hydrogens is 306 g/mol. The molecule has 0 aliphatic carbocycles. The first-order chi connectivity index (χ1) is 10.8. The molecule has 0 bridgehead atoms. The highest BCUT2D eigenvalue weighted by atomic mass is 16.4. The molecule has 5 heteroatoms. The lowest BCUT2D eigenvalue weighted by molar-refractivity contribution is 0.0693. The van der Waals surface area contributed by atoms with Gasteiger partial charge in [-0.05, 0) is 40.1 Å². The molecular formula is C19H29NO4. The fourth-order valence-electron chi connectivity index (χ4n) is 3.22. The highest BCUT2D eigenvalue weighted by Gasteiger charge is 2.34. The van der Waals surface area contributed by atoms with E-state index >= 15 is 0 Å². The number of rotatable bonds is 5. The molecule has 5 nitrogen and oxygen atoms in total. The van der Waals surface area contributed by atoms with E-state index in [4.69, 9.17) is 0 Å². The third-order valence-electron chi connectivity index (χ3n) is 3.94. The number of hydrogen-bond donors (Lipinski definition) is 3. The molecule has 24 heavy (non-hydrogen) atoms. The molecule has 0 fully saturated rings. The molecule has 0 aliphatic heterocycles. The number of carbonyl (C=O) groups is 2. The molecule has 0 saturated carbocycles. The molecule has 0 spiro atoms. The predicted molar refractivity (Wildman–Crippen MR) is 95.1 cm³/mol. The van der Waals surface area contributed by atoms with E-state index in [0.29, 0.717) is 24.2 Å². The lowest BCUT2D eigenvalue weighted by Gasteiger charge is -2.33. The summed E-state index contributed by atoms with van der Waals surface area (Å²) >= 11 is 0. The van der Waals surface area contributed by atoms with Gasteiger partial charge in [0.2, 0.25) is 0 Å². The minimum atomic E-state index is -1.10. The molecule has 1 aromatic rings. The Labute approximate surface area is 144 Å². The van der Waals surface area contributed by atoms with E-state index in [-0.39, 0.29) is 11.1 Å². The van der Waals surface area contributed by atoms with Gasteiger partial charge in [0.15, 0.2) is 0 Å². The maximum absolute atomic E-state index is 11.8. The van der Waals surface area contributed by atoms with Crippen molar-refractivity contribution >= 4 is 11.9 Å². The summed E-state index contributed by atoms with van der Waals surface area (Å²) in [6, 6.07) is 1.32. The van der Waals surface area contributed by atoms with Crippen molar-refractivity contribution in [3.8, 4) is 0 Å². The smallest absolute Gasteiger partial charge is 0.336 e. The standard InChI is InChI=1S/C19H29NO4/c1-8-20-10-13-14(18(2,3)4)11(16(21)22)9-12(17(23)24)15(13)19(5,6)7/h9,20H,8,10H2,1-7H3,(H,21,22)(H,23,24). The van der Waals surface area contributed by atoms with Crippen LogP contribution in [-0.2, 0) is 17.4 Å². The first-order valence-electron chi connectivity index (χ1n) is 8.20. The number of hydrogen-bond acceptors (Lipinski definition) is 3. The molecule has 0 saturated heterocycles. The van der Waals surface area contributed by atoms with Crippen molar-refractivity contribution in [2.45, 2.75) is 65.8 Å². The lowest BCUT2D eigenvalue weighted by Crippen LogP contribution is -2.30.